The second-order valence-corrected chi connectivity index (χ2v) is 4.37. The molecule has 0 aliphatic heterocycles. The molecule has 0 saturated carbocycles. The molecule has 0 saturated heterocycles. The minimum Gasteiger partial charge on any atom is -0.319 e. The number of benzene rings is 2. The van der Waals surface area contributed by atoms with Crippen molar-refractivity contribution < 1.29 is 0 Å². The van der Waals surface area contributed by atoms with E-state index in [1.54, 1.807) is 6.07 Å². The Morgan fingerprint density at radius 3 is 2.32 bits per heavy atom. The van der Waals surface area contributed by atoms with Gasteiger partial charge < -0.3 is 5.73 Å². The van der Waals surface area contributed by atoms with Crippen molar-refractivity contribution in [3.05, 3.63) is 76.2 Å². The van der Waals surface area contributed by atoms with Gasteiger partial charge in [-0.2, -0.15) is 5.10 Å². The Balaban J connectivity index is 2.21. The fraction of sp³-hybridized carbons (Fsp3) is 0.0667. The van der Waals surface area contributed by atoms with E-state index < -0.39 is 0 Å². The Bertz CT molecular complexity index is 765. The SMILES string of the molecule is NC(c1ccccc1)c1n[nH]c(=O)c2ccccc12. The van der Waals surface area contributed by atoms with Crippen LogP contribution in [-0.2, 0) is 0 Å². The maximum absolute atomic E-state index is 11.7. The first-order chi connectivity index (χ1) is 9.27. The molecule has 3 aromatic rings. The molecule has 0 spiro atoms. The van der Waals surface area contributed by atoms with Crippen molar-refractivity contribution in [2.24, 2.45) is 5.73 Å². The molecular formula is C15H13N3O. The van der Waals surface area contributed by atoms with Gasteiger partial charge in [-0.05, 0) is 11.6 Å². The number of nitrogens with two attached hydrogens (primary N) is 1. The van der Waals surface area contributed by atoms with Gasteiger partial charge in [0.15, 0.2) is 0 Å². The van der Waals surface area contributed by atoms with E-state index >= 15 is 0 Å². The molecule has 94 valence electrons. The van der Waals surface area contributed by atoms with E-state index in [2.05, 4.69) is 10.2 Å². The first-order valence-electron chi connectivity index (χ1n) is 6.05. The van der Waals surface area contributed by atoms with Crippen LogP contribution in [-0.4, -0.2) is 10.2 Å². The molecule has 0 bridgehead atoms. The van der Waals surface area contributed by atoms with Crippen LogP contribution in [0.25, 0.3) is 10.8 Å². The third kappa shape index (κ3) is 2.02. The predicted octanol–water partition coefficient (Wildman–Crippen LogP) is 1.97. The third-order valence-corrected chi connectivity index (χ3v) is 3.18. The molecule has 1 atom stereocenters. The minimum absolute atomic E-state index is 0.195. The van der Waals surface area contributed by atoms with Crippen LogP contribution >= 0.6 is 0 Å². The van der Waals surface area contributed by atoms with Crippen molar-refractivity contribution in [2.75, 3.05) is 0 Å². The van der Waals surface area contributed by atoms with Gasteiger partial charge in [0.1, 0.15) is 0 Å². The Morgan fingerprint density at radius 1 is 0.947 bits per heavy atom. The molecule has 0 aliphatic rings. The van der Waals surface area contributed by atoms with Crippen molar-refractivity contribution in [2.45, 2.75) is 6.04 Å². The van der Waals surface area contributed by atoms with Crippen molar-refractivity contribution >= 4 is 10.8 Å². The molecular weight excluding hydrogens is 238 g/mol. The second-order valence-electron chi connectivity index (χ2n) is 4.37. The number of H-pyrrole nitrogens is 1. The summed E-state index contributed by atoms with van der Waals surface area (Å²) >= 11 is 0. The van der Waals surface area contributed by atoms with Crippen LogP contribution in [0, 0.1) is 0 Å². The summed E-state index contributed by atoms with van der Waals surface area (Å²) in [5.74, 6) is 0. The zero-order valence-corrected chi connectivity index (χ0v) is 10.2. The fourth-order valence-electron chi connectivity index (χ4n) is 2.19. The van der Waals surface area contributed by atoms with Crippen LogP contribution in [0.3, 0.4) is 0 Å². The highest BCUT2D eigenvalue weighted by Crippen LogP contribution is 2.22. The summed E-state index contributed by atoms with van der Waals surface area (Å²) in [6.07, 6.45) is 0. The molecule has 2 aromatic carbocycles. The molecule has 4 heteroatoms. The maximum atomic E-state index is 11.7. The Labute approximate surface area is 109 Å². The summed E-state index contributed by atoms with van der Waals surface area (Å²) in [5, 5.41) is 8.03. The van der Waals surface area contributed by atoms with Gasteiger partial charge in [-0.25, -0.2) is 5.10 Å². The minimum atomic E-state index is -0.358. The number of aromatic nitrogens is 2. The molecule has 3 rings (SSSR count). The van der Waals surface area contributed by atoms with Gasteiger partial charge in [0.25, 0.3) is 5.56 Å². The summed E-state index contributed by atoms with van der Waals surface area (Å²) in [6.45, 7) is 0. The van der Waals surface area contributed by atoms with E-state index in [0.717, 1.165) is 10.9 Å². The van der Waals surface area contributed by atoms with E-state index in [1.807, 2.05) is 48.5 Å². The van der Waals surface area contributed by atoms with Crippen LogP contribution < -0.4 is 11.3 Å². The van der Waals surface area contributed by atoms with E-state index in [0.29, 0.717) is 11.1 Å². The number of hydrogen-bond acceptors (Lipinski definition) is 3. The summed E-state index contributed by atoms with van der Waals surface area (Å²) in [5.41, 5.74) is 7.70. The van der Waals surface area contributed by atoms with E-state index in [1.165, 1.54) is 0 Å². The van der Waals surface area contributed by atoms with E-state index in [9.17, 15) is 4.79 Å². The maximum Gasteiger partial charge on any atom is 0.272 e. The van der Waals surface area contributed by atoms with Gasteiger partial charge in [-0.15, -0.1) is 0 Å². The lowest BCUT2D eigenvalue weighted by atomic mass is 10.0. The summed E-state index contributed by atoms with van der Waals surface area (Å²) in [4.78, 5) is 11.7. The lowest BCUT2D eigenvalue weighted by Crippen LogP contribution is -2.18. The largest absolute Gasteiger partial charge is 0.319 e. The van der Waals surface area contributed by atoms with Crippen molar-refractivity contribution in [1.82, 2.24) is 10.2 Å². The van der Waals surface area contributed by atoms with Gasteiger partial charge in [-0.3, -0.25) is 4.79 Å². The van der Waals surface area contributed by atoms with Crippen LogP contribution in [0.5, 0.6) is 0 Å². The highest BCUT2D eigenvalue weighted by atomic mass is 16.1. The lowest BCUT2D eigenvalue weighted by Gasteiger charge is -2.13. The van der Waals surface area contributed by atoms with E-state index in [4.69, 9.17) is 5.73 Å². The number of rotatable bonds is 2. The highest BCUT2D eigenvalue weighted by Gasteiger charge is 2.14. The second kappa shape index (κ2) is 4.66. The summed E-state index contributed by atoms with van der Waals surface area (Å²) < 4.78 is 0. The Kier molecular flexibility index (Phi) is 2.85. The number of fused-ring (bicyclic) bond motifs is 1. The van der Waals surface area contributed by atoms with E-state index in [-0.39, 0.29) is 11.6 Å². The van der Waals surface area contributed by atoms with Gasteiger partial charge in [0.05, 0.1) is 17.1 Å². The first-order valence-corrected chi connectivity index (χ1v) is 6.05. The molecule has 19 heavy (non-hydrogen) atoms. The Morgan fingerprint density at radius 2 is 1.58 bits per heavy atom. The van der Waals surface area contributed by atoms with Crippen LogP contribution in [0.15, 0.2) is 59.4 Å². The quantitative estimate of drug-likeness (QED) is 0.731. The number of nitrogens with zero attached hydrogens (tertiary/aromatic N) is 1. The standard InChI is InChI=1S/C15H13N3O/c16-13(10-6-2-1-3-7-10)14-11-8-4-5-9-12(11)15(19)18-17-14/h1-9,13H,16H2,(H,18,19). The average molecular weight is 251 g/mol. The van der Waals surface area contributed by atoms with Gasteiger partial charge in [-0.1, -0.05) is 48.5 Å². The average Bonchev–Trinajstić information content (AvgIpc) is 2.48. The van der Waals surface area contributed by atoms with Crippen LogP contribution in [0.1, 0.15) is 17.3 Å². The molecule has 1 aromatic heterocycles. The van der Waals surface area contributed by atoms with Crippen molar-refractivity contribution in [3.63, 3.8) is 0 Å². The molecule has 4 nitrogen and oxygen atoms in total. The number of aromatic amines is 1. The van der Waals surface area contributed by atoms with Crippen LogP contribution in [0.4, 0.5) is 0 Å². The molecule has 0 amide bonds. The smallest absolute Gasteiger partial charge is 0.272 e. The lowest BCUT2D eigenvalue weighted by molar-refractivity contribution is 0.798. The summed E-state index contributed by atoms with van der Waals surface area (Å²) in [7, 11) is 0. The normalized spacial score (nSPS) is 12.5. The Hall–Kier alpha value is -2.46. The molecule has 3 N–H and O–H groups in total. The monoisotopic (exact) mass is 251 g/mol. The molecule has 0 aliphatic carbocycles. The van der Waals surface area contributed by atoms with Gasteiger partial charge in [0, 0.05) is 5.39 Å². The molecule has 0 fully saturated rings. The van der Waals surface area contributed by atoms with Gasteiger partial charge >= 0.3 is 0 Å². The van der Waals surface area contributed by atoms with Crippen molar-refractivity contribution in [1.29, 1.82) is 0 Å². The summed E-state index contributed by atoms with van der Waals surface area (Å²) in [6, 6.07) is 16.7. The number of nitrogens with one attached hydrogen (secondary N) is 1. The zero-order valence-electron chi connectivity index (χ0n) is 10.2. The van der Waals surface area contributed by atoms with Crippen molar-refractivity contribution in [3.8, 4) is 0 Å². The molecule has 1 unspecified atom stereocenters. The first kappa shape index (κ1) is 11.6. The molecule has 1 heterocycles. The topological polar surface area (TPSA) is 71.8 Å². The highest BCUT2D eigenvalue weighted by molar-refractivity contribution is 5.84. The zero-order chi connectivity index (χ0) is 13.2. The number of hydrogen-bond donors (Lipinski definition) is 2. The van der Waals surface area contributed by atoms with Crippen LogP contribution in [0.2, 0.25) is 0 Å². The fourth-order valence-corrected chi connectivity index (χ4v) is 2.19. The third-order valence-electron chi connectivity index (χ3n) is 3.18. The predicted molar refractivity (Wildman–Crippen MR) is 74.8 cm³/mol. The van der Waals surface area contributed by atoms with Gasteiger partial charge in [0.2, 0.25) is 0 Å². The molecule has 0 radical (unpaired) electrons.